The lowest BCUT2D eigenvalue weighted by molar-refractivity contribution is 0.0608. The average Bonchev–Trinajstić information content (AvgIpc) is 3.63. The van der Waals surface area contributed by atoms with E-state index in [9.17, 15) is 4.79 Å². The lowest BCUT2D eigenvalue weighted by atomic mass is 9.97. The van der Waals surface area contributed by atoms with Crippen LogP contribution in [0.5, 0.6) is 0 Å². The highest BCUT2D eigenvalue weighted by Crippen LogP contribution is 2.36. The van der Waals surface area contributed by atoms with Crippen molar-refractivity contribution in [2.45, 2.75) is 38.4 Å². The number of esters is 1. The number of thiophene rings is 1. The largest absolute Gasteiger partial charge is 0.465 e. The van der Waals surface area contributed by atoms with Gasteiger partial charge in [0.15, 0.2) is 5.16 Å². The van der Waals surface area contributed by atoms with Gasteiger partial charge in [0.1, 0.15) is 10.4 Å². The van der Waals surface area contributed by atoms with Gasteiger partial charge in [-0.05, 0) is 41.3 Å². The molecule has 2 aromatic carbocycles. The maximum atomic E-state index is 12.4. The number of hydrogen-bond acceptors (Lipinski definition) is 8. The van der Waals surface area contributed by atoms with Crippen LogP contribution in [0.25, 0.3) is 33.5 Å². The van der Waals surface area contributed by atoms with Crippen LogP contribution in [-0.4, -0.2) is 49.0 Å². The van der Waals surface area contributed by atoms with Gasteiger partial charge >= 0.3 is 5.97 Å². The number of benzene rings is 2. The molecular weight excluding hydrogens is 492 g/mol. The van der Waals surface area contributed by atoms with Crippen molar-refractivity contribution in [3.63, 3.8) is 0 Å². The SMILES string of the molecule is CCCCSc1nc2c(C(=O)OC)sc(C)c2n1Cc1ccc(-c2ccccc2)c(-c2nn[nH]n2)c1. The first-order valence-corrected chi connectivity index (χ1v) is 13.5. The summed E-state index contributed by atoms with van der Waals surface area (Å²) in [7, 11) is 1.41. The van der Waals surface area contributed by atoms with Crippen LogP contribution in [0.1, 0.15) is 39.9 Å². The normalized spacial score (nSPS) is 11.3. The van der Waals surface area contributed by atoms with E-state index in [1.165, 1.54) is 18.4 Å². The Morgan fingerprint density at radius 3 is 2.72 bits per heavy atom. The van der Waals surface area contributed by atoms with Crippen LogP contribution in [0, 0.1) is 6.92 Å². The fourth-order valence-corrected chi connectivity index (χ4v) is 6.29. The molecule has 0 bridgehead atoms. The molecule has 0 saturated carbocycles. The summed E-state index contributed by atoms with van der Waals surface area (Å²) in [6.07, 6.45) is 2.21. The van der Waals surface area contributed by atoms with Crippen molar-refractivity contribution in [3.05, 3.63) is 63.8 Å². The molecule has 10 heteroatoms. The smallest absolute Gasteiger partial charge is 0.350 e. The molecule has 1 N–H and O–H groups in total. The van der Waals surface area contributed by atoms with Gasteiger partial charge in [0.2, 0.25) is 5.82 Å². The summed E-state index contributed by atoms with van der Waals surface area (Å²) >= 11 is 3.15. The summed E-state index contributed by atoms with van der Waals surface area (Å²) in [5.74, 6) is 1.16. The summed E-state index contributed by atoms with van der Waals surface area (Å²) in [6.45, 7) is 4.81. The summed E-state index contributed by atoms with van der Waals surface area (Å²) in [5.41, 5.74) is 5.79. The highest BCUT2D eigenvalue weighted by Gasteiger charge is 2.24. The molecule has 0 amide bonds. The Kier molecular flexibility index (Phi) is 7.15. The third-order valence-corrected chi connectivity index (χ3v) is 8.06. The molecule has 0 atom stereocenters. The third-order valence-electron chi connectivity index (χ3n) is 5.93. The Labute approximate surface area is 217 Å². The molecule has 0 radical (unpaired) electrons. The Bertz CT molecular complexity index is 1490. The van der Waals surface area contributed by atoms with E-state index in [1.807, 2.05) is 25.1 Å². The Morgan fingerprint density at radius 1 is 1.17 bits per heavy atom. The Hall–Kier alpha value is -3.50. The minimum atomic E-state index is -0.348. The zero-order valence-electron chi connectivity index (χ0n) is 20.3. The van der Waals surface area contributed by atoms with E-state index in [0.717, 1.165) is 56.4 Å². The molecule has 36 heavy (non-hydrogen) atoms. The van der Waals surface area contributed by atoms with Gasteiger partial charge in [0, 0.05) is 16.2 Å². The van der Waals surface area contributed by atoms with Crippen molar-refractivity contribution in [1.82, 2.24) is 30.2 Å². The van der Waals surface area contributed by atoms with Crippen LogP contribution in [0.3, 0.4) is 0 Å². The van der Waals surface area contributed by atoms with Gasteiger partial charge in [0.25, 0.3) is 0 Å². The van der Waals surface area contributed by atoms with Gasteiger partial charge in [-0.25, -0.2) is 9.78 Å². The number of H-pyrrole nitrogens is 1. The number of hydrogen-bond donors (Lipinski definition) is 1. The van der Waals surface area contributed by atoms with Gasteiger partial charge < -0.3 is 9.30 Å². The number of thioether (sulfide) groups is 1. The highest BCUT2D eigenvalue weighted by molar-refractivity contribution is 7.99. The van der Waals surface area contributed by atoms with E-state index in [0.29, 0.717) is 22.8 Å². The number of nitrogens with zero attached hydrogens (tertiary/aromatic N) is 5. The van der Waals surface area contributed by atoms with E-state index in [4.69, 9.17) is 9.72 Å². The number of aromatic nitrogens is 6. The van der Waals surface area contributed by atoms with Crippen molar-refractivity contribution in [1.29, 1.82) is 0 Å². The van der Waals surface area contributed by atoms with Crippen molar-refractivity contribution >= 4 is 40.1 Å². The van der Waals surface area contributed by atoms with Crippen molar-refractivity contribution in [3.8, 4) is 22.5 Å². The molecule has 0 saturated heterocycles. The van der Waals surface area contributed by atoms with Crippen LogP contribution in [-0.2, 0) is 11.3 Å². The number of unbranched alkanes of at least 4 members (excludes halogenated alkanes) is 1. The Morgan fingerprint density at radius 2 is 2.00 bits per heavy atom. The average molecular weight is 519 g/mol. The monoisotopic (exact) mass is 518 g/mol. The first-order valence-electron chi connectivity index (χ1n) is 11.7. The minimum Gasteiger partial charge on any atom is -0.465 e. The summed E-state index contributed by atoms with van der Waals surface area (Å²) in [5, 5.41) is 15.8. The quantitative estimate of drug-likeness (QED) is 0.146. The van der Waals surface area contributed by atoms with E-state index in [2.05, 4.69) is 62.4 Å². The number of carbonyl (C=O) groups excluding carboxylic acids is 1. The van der Waals surface area contributed by atoms with E-state index in [-0.39, 0.29) is 5.97 Å². The van der Waals surface area contributed by atoms with E-state index < -0.39 is 0 Å². The molecule has 0 aliphatic rings. The fourth-order valence-electron chi connectivity index (χ4n) is 4.20. The molecule has 3 aromatic heterocycles. The number of methoxy groups -OCH3 is 1. The number of aryl methyl sites for hydroxylation is 1. The third kappa shape index (κ3) is 4.66. The van der Waals surface area contributed by atoms with Crippen LogP contribution < -0.4 is 0 Å². The van der Waals surface area contributed by atoms with Crippen LogP contribution >= 0.6 is 23.1 Å². The molecule has 0 aliphatic carbocycles. The van der Waals surface area contributed by atoms with Crippen molar-refractivity contribution in [2.75, 3.05) is 12.9 Å². The molecule has 184 valence electrons. The topological polar surface area (TPSA) is 98.6 Å². The first kappa shape index (κ1) is 24.2. The molecule has 3 heterocycles. The van der Waals surface area contributed by atoms with Crippen molar-refractivity contribution in [2.24, 2.45) is 0 Å². The minimum absolute atomic E-state index is 0.348. The second-order valence-electron chi connectivity index (χ2n) is 8.34. The van der Waals surface area contributed by atoms with Crippen molar-refractivity contribution < 1.29 is 9.53 Å². The molecule has 5 aromatic rings. The maximum Gasteiger partial charge on any atom is 0.350 e. The number of carbonyl (C=O) groups is 1. The molecule has 0 unspecified atom stereocenters. The molecule has 0 fully saturated rings. The molecule has 8 nitrogen and oxygen atoms in total. The molecule has 5 rings (SSSR count). The predicted octanol–water partition coefficient (Wildman–Crippen LogP) is 5.98. The number of aromatic amines is 1. The summed E-state index contributed by atoms with van der Waals surface area (Å²) in [4.78, 5) is 18.9. The highest BCUT2D eigenvalue weighted by atomic mass is 32.2. The van der Waals surface area contributed by atoms with Gasteiger partial charge in [-0.1, -0.05) is 67.6 Å². The molecule has 0 aliphatic heterocycles. The number of fused-ring (bicyclic) bond motifs is 1. The van der Waals surface area contributed by atoms with Gasteiger partial charge in [-0.2, -0.15) is 5.21 Å². The summed E-state index contributed by atoms with van der Waals surface area (Å²) < 4.78 is 7.24. The number of rotatable bonds is 9. The predicted molar refractivity (Wildman–Crippen MR) is 143 cm³/mol. The maximum absolute atomic E-state index is 12.4. The zero-order chi connectivity index (χ0) is 25.1. The number of ether oxygens (including phenoxy) is 1. The standard InChI is InChI=1S/C26H26N6O2S2/c1-4-5-13-35-26-27-21-22(16(2)36-23(21)25(33)34-3)32(26)15-17-11-12-19(18-9-7-6-8-10-18)20(14-17)24-28-30-31-29-24/h6-12,14H,4-5,13,15H2,1-3H3,(H,28,29,30,31). The second kappa shape index (κ2) is 10.6. The lowest BCUT2D eigenvalue weighted by Gasteiger charge is -2.13. The first-order chi connectivity index (χ1) is 17.6. The number of tetrazole rings is 1. The molecule has 0 spiro atoms. The van der Waals surface area contributed by atoms with E-state index in [1.54, 1.807) is 11.8 Å². The number of imidazole rings is 1. The summed E-state index contributed by atoms with van der Waals surface area (Å²) in [6, 6.07) is 16.5. The van der Waals surface area contributed by atoms with Crippen LogP contribution in [0.4, 0.5) is 0 Å². The lowest BCUT2D eigenvalue weighted by Crippen LogP contribution is -2.03. The zero-order valence-corrected chi connectivity index (χ0v) is 21.9. The second-order valence-corrected chi connectivity index (χ2v) is 10.6. The molecular formula is C26H26N6O2S2. The van der Waals surface area contributed by atoms with Crippen LogP contribution in [0.2, 0.25) is 0 Å². The Balaban J connectivity index is 1.60. The van der Waals surface area contributed by atoms with Crippen LogP contribution in [0.15, 0.2) is 53.7 Å². The van der Waals surface area contributed by atoms with Gasteiger partial charge in [0.05, 0.1) is 19.2 Å². The van der Waals surface area contributed by atoms with E-state index >= 15 is 0 Å². The van der Waals surface area contributed by atoms with Gasteiger partial charge in [-0.15, -0.1) is 21.5 Å². The number of nitrogens with one attached hydrogen (secondary N) is 1. The van der Waals surface area contributed by atoms with Gasteiger partial charge in [-0.3, -0.25) is 0 Å². The fraction of sp³-hybridized carbons (Fsp3) is 0.269.